The first-order valence-corrected chi connectivity index (χ1v) is 7.32. The fourth-order valence-corrected chi connectivity index (χ4v) is 2.68. The van der Waals surface area contributed by atoms with Crippen molar-refractivity contribution >= 4 is 17.3 Å². The lowest BCUT2D eigenvalue weighted by atomic mass is 10.0. The van der Waals surface area contributed by atoms with Crippen LogP contribution in [0.3, 0.4) is 0 Å². The molecule has 0 aliphatic heterocycles. The van der Waals surface area contributed by atoms with Gasteiger partial charge in [0.25, 0.3) is 0 Å². The lowest BCUT2D eigenvalue weighted by molar-refractivity contribution is 0.590. The van der Waals surface area contributed by atoms with E-state index >= 15 is 0 Å². The molecule has 21 heavy (non-hydrogen) atoms. The third-order valence-corrected chi connectivity index (χ3v) is 4.01. The lowest BCUT2D eigenvalue weighted by Gasteiger charge is -2.30. The van der Waals surface area contributed by atoms with Crippen LogP contribution < -0.4 is 10.6 Å². The molecule has 2 aromatic carbocycles. The highest BCUT2D eigenvalue weighted by atomic mass is 35.5. The van der Waals surface area contributed by atoms with Gasteiger partial charge in [-0.25, -0.2) is 4.39 Å². The third-order valence-electron chi connectivity index (χ3n) is 3.78. The molecule has 0 aliphatic carbocycles. The maximum absolute atomic E-state index is 14.1. The van der Waals surface area contributed by atoms with E-state index < -0.39 is 0 Å². The summed E-state index contributed by atoms with van der Waals surface area (Å²) < 4.78 is 14.1. The Hall–Kier alpha value is -1.58. The quantitative estimate of drug-likeness (QED) is 0.887. The van der Waals surface area contributed by atoms with Gasteiger partial charge in [0.1, 0.15) is 5.82 Å². The van der Waals surface area contributed by atoms with Crippen LogP contribution in [0, 0.1) is 5.82 Å². The molecule has 0 saturated carbocycles. The number of benzene rings is 2. The number of nitrogens with zero attached hydrogens (tertiary/aromatic N) is 1. The zero-order valence-electron chi connectivity index (χ0n) is 12.5. The molecule has 0 bridgehead atoms. The van der Waals surface area contributed by atoms with E-state index in [2.05, 4.69) is 6.92 Å². The predicted molar refractivity (Wildman–Crippen MR) is 87.3 cm³/mol. The van der Waals surface area contributed by atoms with Gasteiger partial charge in [0.05, 0.1) is 6.04 Å². The van der Waals surface area contributed by atoms with Gasteiger partial charge < -0.3 is 10.6 Å². The summed E-state index contributed by atoms with van der Waals surface area (Å²) in [5, 5.41) is 0.694. The van der Waals surface area contributed by atoms with Gasteiger partial charge in [0.2, 0.25) is 0 Å². The van der Waals surface area contributed by atoms with E-state index in [1.165, 1.54) is 6.07 Å². The minimum atomic E-state index is -0.366. The average molecular weight is 307 g/mol. The van der Waals surface area contributed by atoms with Gasteiger partial charge >= 0.3 is 0 Å². The molecule has 1 unspecified atom stereocenters. The van der Waals surface area contributed by atoms with E-state index in [4.69, 9.17) is 17.3 Å². The Morgan fingerprint density at radius 2 is 1.81 bits per heavy atom. The summed E-state index contributed by atoms with van der Waals surface area (Å²) >= 11 is 6.05. The van der Waals surface area contributed by atoms with Gasteiger partial charge in [-0.3, -0.25) is 0 Å². The number of rotatable bonds is 4. The molecule has 2 atom stereocenters. The van der Waals surface area contributed by atoms with E-state index in [1.807, 2.05) is 42.3 Å². The van der Waals surface area contributed by atoms with Crippen molar-refractivity contribution in [3.05, 3.63) is 64.4 Å². The SMILES string of the molecule is CC(c1cccc(Cl)c1)N(C)c1cccc(F)c1[C@@H](C)N. The first-order valence-electron chi connectivity index (χ1n) is 6.94. The number of hydrogen-bond donors (Lipinski definition) is 1. The van der Waals surface area contributed by atoms with Crippen LogP contribution in [0.1, 0.15) is 37.1 Å². The molecule has 0 aromatic heterocycles. The van der Waals surface area contributed by atoms with Crippen LogP contribution in [0.2, 0.25) is 5.02 Å². The van der Waals surface area contributed by atoms with Crippen LogP contribution in [-0.4, -0.2) is 7.05 Å². The molecule has 2 aromatic rings. The van der Waals surface area contributed by atoms with E-state index in [1.54, 1.807) is 13.0 Å². The highest BCUT2D eigenvalue weighted by molar-refractivity contribution is 6.30. The Morgan fingerprint density at radius 1 is 1.14 bits per heavy atom. The summed E-state index contributed by atoms with van der Waals surface area (Å²) in [6.07, 6.45) is 0. The molecule has 0 amide bonds. The van der Waals surface area contributed by atoms with Gasteiger partial charge in [-0.15, -0.1) is 0 Å². The highest BCUT2D eigenvalue weighted by Crippen LogP contribution is 2.32. The van der Waals surface area contributed by atoms with Crippen molar-refractivity contribution < 1.29 is 4.39 Å². The Labute approximate surface area is 130 Å². The van der Waals surface area contributed by atoms with Crippen molar-refractivity contribution in [2.45, 2.75) is 25.9 Å². The molecule has 0 spiro atoms. The van der Waals surface area contributed by atoms with Gasteiger partial charge in [-0.2, -0.15) is 0 Å². The van der Waals surface area contributed by atoms with Crippen molar-refractivity contribution in [2.75, 3.05) is 11.9 Å². The Bertz CT molecular complexity index is 628. The monoisotopic (exact) mass is 306 g/mol. The van der Waals surface area contributed by atoms with Crippen LogP contribution in [0.5, 0.6) is 0 Å². The summed E-state index contributed by atoms with van der Waals surface area (Å²) in [7, 11) is 1.94. The summed E-state index contributed by atoms with van der Waals surface area (Å²) in [6, 6.07) is 12.4. The maximum Gasteiger partial charge on any atom is 0.130 e. The van der Waals surface area contributed by atoms with E-state index in [0.29, 0.717) is 10.6 Å². The van der Waals surface area contributed by atoms with Gasteiger partial charge in [-0.05, 0) is 43.7 Å². The largest absolute Gasteiger partial charge is 0.367 e. The fourth-order valence-electron chi connectivity index (χ4n) is 2.48. The zero-order chi connectivity index (χ0) is 15.6. The highest BCUT2D eigenvalue weighted by Gasteiger charge is 2.19. The molecular formula is C17H20ClFN2. The van der Waals surface area contributed by atoms with Gasteiger partial charge in [0.15, 0.2) is 0 Å². The van der Waals surface area contributed by atoms with Crippen LogP contribution in [0.15, 0.2) is 42.5 Å². The molecule has 0 heterocycles. The predicted octanol–water partition coefficient (Wildman–Crippen LogP) is 4.70. The minimum absolute atomic E-state index is 0.0583. The summed E-state index contributed by atoms with van der Waals surface area (Å²) in [6.45, 7) is 3.85. The maximum atomic E-state index is 14.1. The number of anilines is 1. The first-order chi connectivity index (χ1) is 9.91. The van der Waals surface area contributed by atoms with Crippen LogP contribution >= 0.6 is 11.6 Å². The normalized spacial score (nSPS) is 13.8. The number of halogens is 2. The zero-order valence-corrected chi connectivity index (χ0v) is 13.2. The van der Waals surface area contributed by atoms with Crippen molar-refractivity contribution in [3.63, 3.8) is 0 Å². The molecule has 2 nitrogen and oxygen atoms in total. The van der Waals surface area contributed by atoms with E-state index in [9.17, 15) is 4.39 Å². The van der Waals surface area contributed by atoms with Crippen molar-refractivity contribution in [1.29, 1.82) is 0 Å². The Balaban J connectivity index is 2.40. The minimum Gasteiger partial charge on any atom is -0.367 e. The Morgan fingerprint density at radius 3 is 2.43 bits per heavy atom. The molecular weight excluding hydrogens is 287 g/mol. The molecule has 2 rings (SSSR count). The lowest BCUT2D eigenvalue weighted by Crippen LogP contribution is -2.24. The van der Waals surface area contributed by atoms with E-state index in [0.717, 1.165) is 11.3 Å². The smallest absolute Gasteiger partial charge is 0.130 e. The first kappa shape index (κ1) is 15.8. The van der Waals surface area contributed by atoms with Gasteiger partial charge in [0, 0.05) is 29.4 Å². The number of hydrogen-bond acceptors (Lipinski definition) is 2. The molecule has 0 aliphatic rings. The fraction of sp³-hybridized carbons (Fsp3) is 0.294. The standard InChI is InChI=1S/C17H20ClFN2/c1-11(20)17-15(19)8-5-9-16(17)21(3)12(2)13-6-4-7-14(18)10-13/h4-12H,20H2,1-3H3/t11-,12?/m1/s1. The Kier molecular flexibility index (Phi) is 4.86. The average Bonchev–Trinajstić information content (AvgIpc) is 2.45. The molecule has 0 radical (unpaired) electrons. The van der Waals surface area contributed by atoms with Crippen molar-refractivity contribution in [3.8, 4) is 0 Å². The number of nitrogens with two attached hydrogens (primary N) is 1. The second-order valence-corrected chi connectivity index (χ2v) is 5.74. The topological polar surface area (TPSA) is 29.3 Å². The molecule has 2 N–H and O–H groups in total. The second-order valence-electron chi connectivity index (χ2n) is 5.30. The molecule has 112 valence electrons. The second kappa shape index (κ2) is 6.46. The summed E-state index contributed by atoms with van der Waals surface area (Å²) in [5.74, 6) is -0.271. The van der Waals surface area contributed by atoms with Gasteiger partial charge in [-0.1, -0.05) is 29.8 Å². The molecule has 0 saturated heterocycles. The third kappa shape index (κ3) is 3.36. The molecule has 4 heteroatoms. The van der Waals surface area contributed by atoms with Crippen molar-refractivity contribution in [1.82, 2.24) is 0 Å². The van der Waals surface area contributed by atoms with Crippen molar-refractivity contribution in [2.24, 2.45) is 5.73 Å². The molecule has 0 fully saturated rings. The van der Waals surface area contributed by atoms with E-state index in [-0.39, 0.29) is 17.9 Å². The van der Waals surface area contributed by atoms with Crippen LogP contribution in [0.25, 0.3) is 0 Å². The summed E-state index contributed by atoms with van der Waals surface area (Å²) in [5.41, 5.74) is 8.34. The van der Waals surface area contributed by atoms with Crippen LogP contribution in [0.4, 0.5) is 10.1 Å². The van der Waals surface area contributed by atoms with Crippen LogP contribution in [-0.2, 0) is 0 Å². The summed E-state index contributed by atoms with van der Waals surface area (Å²) in [4.78, 5) is 2.02.